The molecule has 1 rings (SSSR count). The molecule has 0 aliphatic carbocycles. The van der Waals surface area contributed by atoms with Crippen LogP contribution >= 0.6 is 11.6 Å². The van der Waals surface area contributed by atoms with Gasteiger partial charge < -0.3 is 0 Å². The maximum atomic E-state index is 8.41. The average molecular weight is 159 g/mol. The summed E-state index contributed by atoms with van der Waals surface area (Å²) in [6, 6.07) is 2.60. The van der Waals surface area contributed by atoms with Crippen LogP contribution in [0.3, 0.4) is 0 Å². The van der Waals surface area contributed by atoms with Crippen molar-refractivity contribution in [3.8, 4) is 6.07 Å². The van der Waals surface area contributed by atoms with E-state index in [1.54, 1.807) is 0 Å². The van der Waals surface area contributed by atoms with Crippen molar-refractivity contribution in [1.82, 2.24) is 4.90 Å². The standard InChI is InChI=1S/C7H11ClN2/c8-6-7-2-1-4-10(7)5-3-9/h7H,1-2,4-6H2. The molecule has 1 aliphatic heterocycles. The van der Waals surface area contributed by atoms with Crippen molar-refractivity contribution >= 4 is 11.6 Å². The first-order valence-electron chi connectivity index (χ1n) is 3.55. The van der Waals surface area contributed by atoms with Gasteiger partial charge in [-0.05, 0) is 19.4 Å². The molecule has 0 bridgehead atoms. The second-order valence-corrected chi connectivity index (χ2v) is 2.89. The van der Waals surface area contributed by atoms with Gasteiger partial charge in [0.15, 0.2) is 0 Å². The summed E-state index contributed by atoms with van der Waals surface area (Å²) in [5.74, 6) is 0.668. The van der Waals surface area contributed by atoms with E-state index < -0.39 is 0 Å². The minimum absolute atomic E-state index is 0.460. The van der Waals surface area contributed by atoms with Crippen molar-refractivity contribution in [3.63, 3.8) is 0 Å². The lowest BCUT2D eigenvalue weighted by Crippen LogP contribution is -2.30. The molecule has 0 saturated carbocycles. The number of nitriles is 1. The van der Waals surface area contributed by atoms with Gasteiger partial charge in [-0.3, -0.25) is 4.90 Å². The van der Waals surface area contributed by atoms with E-state index in [1.807, 2.05) is 0 Å². The van der Waals surface area contributed by atoms with Crippen molar-refractivity contribution < 1.29 is 0 Å². The predicted octanol–water partition coefficient (Wildman–Crippen LogP) is 1.21. The van der Waals surface area contributed by atoms with Gasteiger partial charge in [-0.2, -0.15) is 5.26 Å². The first-order chi connectivity index (χ1) is 4.88. The number of hydrogen-bond acceptors (Lipinski definition) is 2. The summed E-state index contributed by atoms with van der Waals surface area (Å²) >= 11 is 5.69. The highest BCUT2D eigenvalue weighted by Crippen LogP contribution is 2.16. The van der Waals surface area contributed by atoms with Crippen molar-refractivity contribution in [2.24, 2.45) is 0 Å². The van der Waals surface area contributed by atoms with Crippen LogP contribution < -0.4 is 0 Å². The third kappa shape index (κ3) is 1.62. The quantitative estimate of drug-likeness (QED) is 0.446. The molecule has 1 unspecified atom stereocenters. The molecule has 0 aromatic carbocycles. The molecule has 56 valence electrons. The first kappa shape index (κ1) is 7.84. The van der Waals surface area contributed by atoms with Gasteiger partial charge in [0, 0.05) is 11.9 Å². The summed E-state index contributed by atoms with van der Waals surface area (Å²) in [7, 11) is 0. The molecule has 3 heteroatoms. The van der Waals surface area contributed by atoms with Gasteiger partial charge >= 0.3 is 0 Å². The minimum atomic E-state index is 0.460. The lowest BCUT2D eigenvalue weighted by Gasteiger charge is -2.18. The first-order valence-corrected chi connectivity index (χ1v) is 4.09. The van der Waals surface area contributed by atoms with E-state index in [0.717, 1.165) is 13.0 Å². The van der Waals surface area contributed by atoms with E-state index in [4.69, 9.17) is 16.9 Å². The zero-order chi connectivity index (χ0) is 7.40. The van der Waals surface area contributed by atoms with E-state index in [2.05, 4.69) is 11.0 Å². The van der Waals surface area contributed by atoms with Crippen molar-refractivity contribution in [1.29, 1.82) is 5.26 Å². The lowest BCUT2D eigenvalue weighted by atomic mass is 10.2. The Hall–Kier alpha value is -0.260. The van der Waals surface area contributed by atoms with E-state index in [-0.39, 0.29) is 0 Å². The fraction of sp³-hybridized carbons (Fsp3) is 0.857. The number of rotatable bonds is 2. The Morgan fingerprint density at radius 3 is 3.10 bits per heavy atom. The number of halogens is 1. The topological polar surface area (TPSA) is 27.0 Å². The predicted molar refractivity (Wildman–Crippen MR) is 40.9 cm³/mol. The summed E-state index contributed by atoms with van der Waals surface area (Å²) in [4.78, 5) is 2.15. The Morgan fingerprint density at radius 2 is 2.50 bits per heavy atom. The molecule has 0 aromatic rings. The van der Waals surface area contributed by atoms with Gasteiger partial charge in [-0.1, -0.05) is 0 Å². The molecule has 0 aromatic heterocycles. The lowest BCUT2D eigenvalue weighted by molar-refractivity contribution is 0.304. The Kier molecular flexibility index (Phi) is 2.98. The van der Waals surface area contributed by atoms with Crippen LogP contribution in [0.5, 0.6) is 0 Å². The minimum Gasteiger partial charge on any atom is -0.286 e. The highest BCUT2D eigenvalue weighted by atomic mass is 35.5. The van der Waals surface area contributed by atoms with Gasteiger partial charge in [0.25, 0.3) is 0 Å². The second-order valence-electron chi connectivity index (χ2n) is 2.58. The molecule has 1 atom stereocenters. The van der Waals surface area contributed by atoms with E-state index in [0.29, 0.717) is 18.5 Å². The molecule has 1 heterocycles. The monoisotopic (exact) mass is 158 g/mol. The molecule has 0 amide bonds. The third-order valence-corrected chi connectivity index (χ3v) is 2.31. The van der Waals surface area contributed by atoms with Crippen LogP contribution in [0, 0.1) is 11.3 Å². The van der Waals surface area contributed by atoms with Crippen LogP contribution in [0.2, 0.25) is 0 Å². The summed E-state index contributed by atoms with van der Waals surface area (Å²) in [5, 5.41) is 8.41. The molecule has 0 N–H and O–H groups in total. The maximum Gasteiger partial charge on any atom is 0.0868 e. The van der Waals surface area contributed by atoms with Gasteiger partial charge in [0.05, 0.1) is 12.6 Å². The largest absolute Gasteiger partial charge is 0.286 e. The molecule has 0 spiro atoms. The summed E-state index contributed by atoms with van der Waals surface area (Å²) in [6.45, 7) is 1.59. The summed E-state index contributed by atoms with van der Waals surface area (Å²) in [5.41, 5.74) is 0. The molecule has 1 aliphatic rings. The Bertz CT molecular complexity index is 141. The zero-order valence-electron chi connectivity index (χ0n) is 5.89. The fourth-order valence-electron chi connectivity index (χ4n) is 1.37. The Morgan fingerprint density at radius 1 is 1.70 bits per heavy atom. The van der Waals surface area contributed by atoms with Gasteiger partial charge in [0.1, 0.15) is 0 Å². The summed E-state index contributed by atoms with van der Waals surface area (Å²) in [6.07, 6.45) is 2.35. The Labute approximate surface area is 66.4 Å². The fourth-order valence-corrected chi connectivity index (χ4v) is 1.72. The van der Waals surface area contributed by atoms with Gasteiger partial charge in [-0.25, -0.2) is 0 Å². The highest BCUT2D eigenvalue weighted by Gasteiger charge is 2.22. The maximum absolute atomic E-state index is 8.41. The molecule has 1 fully saturated rings. The summed E-state index contributed by atoms with van der Waals surface area (Å²) < 4.78 is 0. The van der Waals surface area contributed by atoms with Crippen molar-refractivity contribution in [3.05, 3.63) is 0 Å². The molecule has 10 heavy (non-hydrogen) atoms. The zero-order valence-corrected chi connectivity index (χ0v) is 6.64. The normalized spacial score (nSPS) is 26.6. The SMILES string of the molecule is N#CCN1CCCC1CCl. The van der Waals surface area contributed by atoms with Crippen molar-refractivity contribution in [2.75, 3.05) is 19.0 Å². The molecule has 2 nitrogen and oxygen atoms in total. The highest BCUT2D eigenvalue weighted by molar-refractivity contribution is 6.18. The van der Waals surface area contributed by atoms with E-state index in [9.17, 15) is 0 Å². The molecule has 1 saturated heterocycles. The number of nitrogens with zero attached hydrogens (tertiary/aromatic N) is 2. The van der Waals surface area contributed by atoms with Crippen LogP contribution in [0.1, 0.15) is 12.8 Å². The Balaban J connectivity index is 2.36. The van der Waals surface area contributed by atoms with Crippen LogP contribution in [-0.2, 0) is 0 Å². The van der Waals surface area contributed by atoms with E-state index >= 15 is 0 Å². The molecular weight excluding hydrogens is 148 g/mol. The molecule has 0 radical (unpaired) electrons. The molecular formula is C7H11ClN2. The second kappa shape index (κ2) is 3.80. The average Bonchev–Trinajstić information content (AvgIpc) is 2.36. The van der Waals surface area contributed by atoms with Crippen molar-refractivity contribution in [2.45, 2.75) is 18.9 Å². The smallest absolute Gasteiger partial charge is 0.0868 e. The van der Waals surface area contributed by atoms with E-state index in [1.165, 1.54) is 6.42 Å². The third-order valence-electron chi connectivity index (χ3n) is 1.95. The number of alkyl halides is 1. The van der Waals surface area contributed by atoms with Crippen LogP contribution in [0.25, 0.3) is 0 Å². The number of likely N-dealkylation sites (tertiary alicyclic amines) is 1. The van der Waals surface area contributed by atoms with Crippen LogP contribution in [-0.4, -0.2) is 29.9 Å². The van der Waals surface area contributed by atoms with Gasteiger partial charge in [0.2, 0.25) is 0 Å². The number of hydrogen-bond donors (Lipinski definition) is 0. The van der Waals surface area contributed by atoms with Gasteiger partial charge in [-0.15, -0.1) is 11.6 Å². The van der Waals surface area contributed by atoms with Crippen LogP contribution in [0.15, 0.2) is 0 Å². The van der Waals surface area contributed by atoms with Crippen LogP contribution in [0.4, 0.5) is 0 Å².